The first-order valence-electron chi connectivity index (χ1n) is 7.28. The molecule has 2 aromatic heterocycles. The molecule has 0 spiro atoms. The van der Waals surface area contributed by atoms with Gasteiger partial charge >= 0.3 is 0 Å². The van der Waals surface area contributed by atoms with Crippen LogP contribution in [0.25, 0.3) is 11.0 Å². The van der Waals surface area contributed by atoms with Crippen molar-refractivity contribution in [3.8, 4) is 5.88 Å². The molecule has 0 aliphatic carbocycles. The van der Waals surface area contributed by atoms with Crippen LogP contribution in [0.4, 0.5) is 0 Å². The number of carbonyl (C=O) groups is 1. The highest BCUT2D eigenvalue weighted by molar-refractivity contribution is 5.83. The Hall–Kier alpha value is -2.90. The summed E-state index contributed by atoms with van der Waals surface area (Å²) in [5.41, 5.74) is 2.37. The molecule has 8 heteroatoms. The summed E-state index contributed by atoms with van der Waals surface area (Å²) in [7, 11) is 0. The third-order valence-electron chi connectivity index (χ3n) is 3.53. The largest absolute Gasteiger partial charge is 0.472 e. The van der Waals surface area contributed by atoms with E-state index in [1.54, 1.807) is 13.3 Å². The molecule has 0 bridgehead atoms. The Bertz CT molecular complexity index is 810. The maximum absolute atomic E-state index is 12.3. The van der Waals surface area contributed by atoms with Gasteiger partial charge in [0.05, 0.1) is 23.9 Å². The SMILES string of the molecule is Cc1nonc1OCCNC(=O)[C@@H](C)n1cnc2ccccc21. The van der Waals surface area contributed by atoms with Crippen molar-refractivity contribution in [1.82, 2.24) is 25.2 Å². The standard InChI is InChI=1S/C15H17N5O3/c1-10-15(19-23-18-10)22-8-7-16-14(21)11(2)20-9-17-12-5-3-4-6-13(12)20/h3-6,9,11H,7-8H2,1-2H3,(H,16,21)/t11-/m1/s1. The number of rotatable bonds is 6. The second kappa shape index (κ2) is 6.47. The summed E-state index contributed by atoms with van der Waals surface area (Å²) in [6.07, 6.45) is 1.68. The highest BCUT2D eigenvalue weighted by Crippen LogP contribution is 2.17. The monoisotopic (exact) mass is 315 g/mol. The molecule has 0 radical (unpaired) electrons. The molecule has 0 aliphatic heterocycles. The number of benzene rings is 1. The van der Waals surface area contributed by atoms with Crippen LogP contribution in [0.1, 0.15) is 18.7 Å². The van der Waals surface area contributed by atoms with Gasteiger partial charge in [-0.2, -0.15) is 0 Å². The average molecular weight is 315 g/mol. The molecule has 0 unspecified atom stereocenters. The fourth-order valence-electron chi connectivity index (χ4n) is 2.24. The lowest BCUT2D eigenvalue weighted by Gasteiger charge is -2.14. The maximum Gasteiger partial charge on any atom is 0.278 e. The van der Waals surface area contributed by atoms with Crippen molar-refractivity contribution in [2.75, 3.05) is 13.2 Å². The molecule has 1 atom stereocenters. The van der Waals surface area contributed by atoms with Crippen LogP contribution in [0, 0.1) is 6.92 Å². The number of fused-ring (bicyclic) bond motifs is 1. The summed E-state index contributed by atoms with van der Waals surface area (Å²) in [5.74, 6) is 0.236. The fourth-order valence-corrected chi connectivity index (χ4v) is 2.24. The molecule has 8 nitrogen and oxygen atoms in total. The van der Waals surface area contributed by atoms with Gasteiger partial charge < -0.3 is 14.6 Å². The van der Waals surface area contributed by atoms with E-state index < -0.39 is 0 Å². The number of carbonyl (C=O) groups excluding carboxylic acids is 1. The Labute approximate surface area is 132 Å². The van der Waals surface area contributed by atoms with Gasteiger partial charge in [-0.05, 0) is 31.1 Å². The number of aryl methyl sites for hydroxylation is 1. The first-order valence-corrected chi connectivity index (χ1v) is 7.28. The van der Waals surface area contributed by atoms with Crippen LogP contribution in [0.15, 0.2) is 35.2 Å². The topological polar surface area (TPSA) is 95.1 Å². The molecule has 1 amide bonds. The van der Waals surface area contributed by atoms with Crippen LogP contribution in [-0.4, -0.2) is 38.9 Å². The lowest BCUT2D eigenvalue weighted by molar-refractivity contribution is -0.123. The predicted octanol–water partition coefficient (Wildman–Crippen LogP) is 1.48. The van der Waals surface area contributed by atoms with Crippen LogP contribution >= 0.6 is 0 Å². The van der Waals surface area contributed by atoms with Crippen molar-refractivity contribution in [2.24, 2.45) is 0 Å². The summed E-state index contributed by atoms with van der Waals surface area (Å²) in [6, 6.07) is 7.34. The van der Waals surface area contributed by atoms with Gasteiger partial charge in [-0.25, -0.2) is 9.61 Å². The second-order valence-electron chi connectivity index (χ2n) is 5.11. The Balaban J connectivity index is 1.54. The van der Waals surface area contributed by atoms with E-state index in [-0.39, 0.29) is 18.6 Å². The molecular formula is C15H17N5O3. The predicted molar refractivity (Wildman–Crippen MR) is 82.0 cm³/mol. The van der Waals surface area contributed by atoms with E-state index in [0.717, 1.165) is 11.0 Å². The molecule has 120 valence electrons. The fraction of sp³-hybridized carbons (Fsp3) is 0.333. The average Bonchev–Trinajstić information content (AvgIpc) is 3.17. The van der Waals surface area contributed by atoms with E-state index >= 15 is 0 Å². The highest BCUT2D eigenvalue weighted by atomic mass is 16.6. The lowest BCUT2D eigenvalue weighted by atomic mass is 10.2. The molecule has 2 heterocycles. The highest BCUT2D eigenvalue weighted by Gasteiger charge is 2.16. The number of nitrogens with zero attached hydrogens (tertiary/aromatic N) is 4. The molecule has 1 aromatic carbocycles. The van der Waals surface area contributed by atoms with Crippen molar-refractivity contribution in [3.63, 3.8) is 0 Å². The Morgan fingerprint density at radius 3 is 3.00 bits per heavy atom. The van der Waals surface area contributed by atoms with Gasteiger partial charge in [0.2, 0.25) is 5.91 Å². The number of hydrogen-bond acceptors (Lipinski definition) is 6. The molecule has 3 aromatic rings. The van der Waals surface area contributed by atoms with Crippen LogP contribution in [0.2, 0.25) is 0 Å². The third-order valence-corrected chi connectivity index (χ3v) is 3.53. The Morgan fingerprint density at radius 1 is 1.39 bits per heavy atom. The van der Waals surface area contributed by atoms with Crippen LogP contribution in [0.5, 0.6) is 5.88 Å². The van der Waals surface area contributed by atoms with Gasteiger partial charge in [0, 0.05) is 0 Å². The maximum atomic E-state index is 12.3. The van der Waals surface area contributed by atoms with Crippen LogP contribution < -0.4 is 10.1 Å². The number of imidazole rings is 1. The minimum absolute atomic E-state index is 0.105. The van der Waals surface area contributed by atoms with Crippen molar-refractivity contribution >= 4 is 16.9 Å². The van der Waals surface area contributed by atoms with Crippen LogP contribution in [-0.2, 0) is 4.79 Å². The van der Waals surface area contributed by atoms with Gasteiger partial charge in [-0.3, -0.25) is 4.79 Å². The number of para-hydroxylation sites is 2. The molecule has 0 fully saturated rings. The second-order valence-corrected chi connectivity index (χ2v) is 5.11. The van der Waals surface area contributed by atoms with Gasteiger partial charge in [0.25, 0.3) is 5.88 Å². The quantitative estimate of drug-likeness (QED) is 0.692. The van der Waals surface area contributed by atoms with Gasteiger partial charge in [-0.15, -0.1) is 0 Å². The number of aromatic nitrogens is 4. The van der Waals surface area contributed by atoms with E-state index in [9.17, 15) is 4.79 Å². The number of amides is 1. The normalized spacial score (nSPS) is 12.3. The van der Waals surface area contributed by atoms with E-state index in [1.165, 1.54) is 0 Å². The summed E-state index contributed by atoms with van der Waals surface area (Å²) in [5, 5.41) is 10.0. The number of hydrogen-bond donors (Lipinski definition) is 1. The van der Waals surface area contributed by atoms with Gasteiger partial charge in [0.15, 0.2) is 0 Å². The summed E-state index contributed by atoms with van der Waals surface area (Å²) >= 11 is 0. The third kappa shape index (κ3) is 3.15. The molecule has 0 saturated carbocycles. The van der Waals surface area contributed by atoms with Gasteiger partial charge in [0.1, 0.15) is 18.3 Å². The van der Waals surface area contributed by atoms with Crippen molar-refractivity contribution in [2.45, 2.75) is 19.9 Å². The molecular weight excluding hydrogens is 298 g/mol. The summed E-state index contributed by atoms with van der Waals surface area (Å²) < 4.78 is 11.7. The summed E-state index contributed by atoms with van der Waals surface area (Å²) in [6.45, 7) is 4.22. The van der Waals surface area contributed by atoms with E-state index in [0.29, 0.717) is 18.1 Å². The van der Waals surface area contributed by atoms with E-state index in [4.69, 9.17) is 4.74 Å². The van der Waals surface area contributed by atoms with Crippen molar-refractivity contribution in [1.29, 1.82) is 0 Å². The molecule has 0 saturated heterocycles. The molecule has 0 aliphatic rings. The van der Waals surface area contributed by atoms with Crippen LogP contribution in [0.3, 0.4) is 0 Å². The molecule has 1 N–H and O–H groups in total. The van der Waals surface area contributed by atoms with Crippen molar-refractivity contribution < 1.29 is 14.2 Å². The zero-order valence-electron chi connectivity index (χ0n) is 12.9. The first kappa shape index (κ1) is 15.0. The molecule has 23 heavy (non-hydrogen) atoms. The minimum atomic E-state index is -0.363. The van der Waals surface area contributed by atoms with Crippen molar-refractivity contribution in [3.05, 3.63) is 36.3 Å². The minimum Gasteiger partial charge on any atom is -0.472 e. The number of ether oxygens (including phenoxy) is 1. The van der Waals surface area contributed by atoms with E-state index in [2.05, 4.69) is 25.2 Å². The Morgan fingerprint density at radius 2 is 2.22 bits per heavy atom. The number of nitrogens with one attached hydrogen (secondary N) is 1. The first-order chi connectivity index (χ1) is 11.2. The zero-order chi connectivity index (χ0) is 16.2. The van der Waals surface area contributed by atoms with E-state index in [1.807, 2.05) is 35.8 Å². The van der Waals surface area contributed by atoms with Gasteiger partial charge in [-0.1, -0.05) is 17.3 Å². The Kier molecular flexibility index (Phi) is 4.22. The molecule has 3 rings (SSSR count). The smallest absolute Gasteiger partial charge is 0.278 e. The summed E-state index contributed by atoms with van der Waals surface area (Å²) in [4.78, 5) is 16.5. The zero-order valence-corrected chi connectivity index (χ0v) is 12.9. The lowest BCUT2D eigenvalue weighted by Crippen LogP contribution is -2.33.